The Morgan fingerprint density at radius 3 is 2.45 bits per heavy atom. The monoisotopic (exact) mass is 155 g/mol. The van der Waals surface area contributed by atoms with E-state index in [1.54, 1.807) is 0 Å². The Bertz CT molecular complexity index is 169. The lowest BCUT2D eigenvalue weighted by Crippen LogP contribution is -2.21. The van der Waals surface area contributed by atoms with Gasteiger partial charge in [-0.2, -0.15) is 5.26 Å². The van der Waals surface area contributed by atoms with Gasteiger partial charge >= 0.3 is 5.97 Å². The van der Waals surface area contributed by atoms with Crippen LogP contribution in [0, 0.1) is 17.2 Å². The second-order valence-electron chi connectivity index (χ2n) is 2.75. The van der Waals surface area contributed by atoms with Crippen molar-refractivity contribution < 1.29 is 9.53 Å². The van der Waals surface area contributed by atoms with E-state index in [1.165, 1.54) is 6.92 Å². The number of nitrogens with zero attached hydrogens (tertiary/aromatic N) is 1. The number of carbonyl (C=O) groups excluding carboxylic acids is 1. The van der Waals surface area contributed by atoms with E-state index in [4.69, 9.17) is 10.00 Å². The molecule has 0 aromatic carbocycles. The highest BCUT2D eigenvalue weighted by Gasteiger charge is 2.15. The fraction of sp³-hybridized carbons (Fsp3) is 0.750. The molecule has 0 aliphatic rings. The van der Waals surface area contributed by atoms with E-state index in [0.717, 1.165) is 0 Å². The van der Waals surface area contributed by atoms with Crippen LogP contribution in [-0.2, 0) is 9.53 Å². The van der Waals surface area contributed by atoms with Crippen LogP contribution in [-0.4, -0.2) is 12.1 Å². The van der Waals surface area contributed by atoms with Crippen LogP contribution in [0.25, 0.3) is 0 Å². The highest BCUT2D eigenvalue weighted by Crippen LogP contribution is 2.09. The van der Waals surface area contributed by atoms with Gasteiger partial charge in [-0.05, 0) is 5.92 Å². The van der Waals surface area contributed by atoms with E-state index < -0.39 is 0 Å². The average Bonchev–Trinajstić information content (AvgIpc) is 1.86. The number of esters is 1. The second-order valence-corrected chi connectivity index (χ2v) is 2.75. The van der Waals surface area contributed by atoms with E-state index in [-0.39, 0.29) is 24.4 Å². The van der Waals surface area contributed by atoms with Crippen molar-refractivity contribution in [2.24, 2.45) is 5.92 Å². The van der Waals surface area contributed by atoms with Crippen molar-refractivity contribution in [2.75, 3.05) is 0 Å². The molecule has 0 aliphatic carbocycles. The minimum absolute atomic E-state index is 0.207. The molecule has 0 spiro atoms. The molecule has 0 rings (SSSR count). The molecule has 0 N–H and O–H groups in total. The van der Waals surface area contributed by atoms with Gasteiger partial charge in [0.15, 0.2) is 0 Å². The molecule has 0 aromatic rings. The molecule has 62 valence electrons. The van der Waals surface area contributed by atoms with Gasteiger partial charge in [0, 0.05) is 6.92 Å². The summed E-state index contributed by atoms with van der Waals surface area (Å²) < 4.78 is 4.89. The second kappa shape index (κ2) is 4.73. The lowest BCUT2D eigenvalue weighted by atomic mass is 10.1. The molecular formula is C8H13NO2. The van der Waals surface area contributed by atoms with Crippen molar-refractivity contribution in [3.8, 4) is 6.07 Å². The zero-order valence-corrected chi connectivity index (χ0v) is 7.13. The summed E-state index contributed by atoms with van der Waals surface area (Å²) in [6.07, 6.45) is 0.0227. The quantitative estimate of drug-likeness (QED) is 0.580. The van der Waals surface area contributed by atoms with Crippen LogP contribution in [0.2, 0.25) is 0 Å². The Labute approximate surface area is 67.0 Å². The number of nitriles is 1. The Kier molecular flexibility index (Phi) is 4.28. The van der Waals surface area contributed by atoms with E-state index in [0.29, 0.717) is 0 Å². The van der Waals surface area contributed by atoms with Gasteiger partial charge in [0.1, 0.15) is 6.10 Å². The Morgan fingerprint density at radius 1 is 1.64 bits per heavy atom. The number of carbonyl (C=O) groups is 1. The zero-order valence-electron chi connectivity index (χ0n) is 7.13. The van der Waals surface area contributed by atoms with Gasteiger partial charge in [0.2, 0.25) is 0 Å². The summed E-state index contributed by atoms with van der Waals surface area (Å²) in [7, 11) is 0. The fourth-order valence-electron chi connectivity index (χ4n) is 0.717. The van der Waals surface area contributed by atoms with Crippen molar-refractivity contribution in [1.29, 1.82) is 5.26 Å². The third-order valence-corrected chi connectivity index (χ3v) is 1.35. The molecule has 0 aliphatic heterocycles. The number of hydrogen-bond donors (Lipinski definition) is 0. The first-order valence-electron chi connectivity index (χ1n) is 3.62. The molecule has 0 aromatic heterocycles. The lowest BCUT2D eigenvalue weighted by molar-refractivity contribution is -0.148. The highest BCUT2D eigenvalue weighted by molar-refractivity contribution is 5.66. The minimum atomic E-state index is -0.320. The van der Waals surface area contributed by atoms with Crippen LogP contribution in [0.4, 0.5) is 0 Å². The van der Waals surface area contributed by atoms with Gasteiger partial charge < -0.3 is 4.74 Å². The maximum Gasteiger partial charge on any atom is 0.302 e. The molecule has 11 heavy (non-hydrogen) atoms. The lowest BCUT2D eigenvalue weighted by Gasteiger charge is -2.16. The van der Waals surface area contributed by atoms with Crippen LogP contribution >= 0.6 is 0 Å². The molecule has 0 saturated carbocycles. The van der Waals surface area contributed by atoms with E-state index in [1.807, 2.05) is 19.9 Å². The van der Waals surface area contributed by atoms with Crippen LogP contribution in [0.15, 0.2) is 0 Å². The summed E-state index contributed by atoms with van der Waals surface area (Å²) in [6, 6.07) is 1.98. The summed E-state index contributed by atoms with van der Waals surface area (Å²) >= 11 is 0. The number of ether oxygens (including phenoxy) is 1. The predicted octanol–water partition coefficient (Wildman–Crippen LogP) is 1.49. The molecular weight excluding hydrogens is 142 g/mol. The zero-order chi connectivity index (χ0) is 8.85. The predicted molar refractivity (Wildman–Crippen MR) is 40.6 cm³/mol. The van der Waals surface area contributed by atoms with Crippen LogP contribution in [0.5, 0.6) is 0 Å². The first kappa shape index (κ1) is 9.96. The molecule has 0 unspecified atom stereocenters. The van der Waals surface area contributed by atoms with E-state index in [2.05, 4.69) is 0 Å². The van der Waals surface area contributed by atoms with Crippen LogP contribution in [0.3, 0.4) is 0 Å². The van der Waals surface area contributed by atoms with Gasteiger partial charge in [0.25, 0.3) is 0 Å². The fourth-order valence-corrected chi connectivity index (χ4v) is 0.717. The molecule has 0 fully saturated rings. The Hall–Kier alpha value is -1.04. The number of hydrogen-bond acceptors (Lipinski definition) is 3. The van der Waals surface area contributed by atoms with Crippen molar-refractivity contribution >= 4 is 5.97 Å². The Balaban J connectivity index is 3.91. The molecule has 3 nitrogen and oxygen atoms in total. The largest absolute Gasteiger partial charge is 0.461 e. The summed E-state index contributed by atoms with van der Waals surface area (Å²) in [5.74, 6) is -0.113. The maximum atomic E-state index is 10.5. The van der Waals surface area contributed by atoms with Gasteiger partial charge in [-0.15, -0.1) is 0 Å². The van der Waals surface area contributed by atoms with Crippen LogP contribution in [0.1, 0.15) is 27.2 Å². The molecule has 0 radical (unpaired) electrons. The summed E-state index contributed by atoms with van der Waals surface area (Å²) in [5.41, 5.74) is 0. The summed E-state index contributed by atoms with van der Waals surface area (Å²) in [6.45, 7) is 5.20. The molecule has 0 amide bonds. The van der Waals surface area contributed by atoms with E-state index in [9.17, 15) is 4.79 Å². The molecule has 0 saturated heterocycles. The molecule has 0 heterocycles. The SMILES string of the molecule is CC(=O)O[C@@H](CC#N)C(C)C. The van der Waals surface area contributed by atoms with Crippen molar-refractivity contribution in [3.63, 3.8) is 0 Å². The van der Waals surface area contributed by atoms with E-state index >= 15 is 0 Å². The first-order valence-corrected chi connectivity index (χ1v) is 3.62. The van der Waals surface area contributed by atoms with Crippen LogP contribution < -0.4 is 0 Å². The molecule has 3 heteroatoms. The molecule has 1 atom stereocenters. The molecule has 0 bridgehead atoms. The summed E-state index contributed by atoms with van der Waals surface area (Å²) in [4.78, 5) is 10.5. The van der Waals surface area contributed by atoms with Gasteiger partial charge in [-0.3, -0.25) is 4.79 Å². The smallest absolute Gasteiger partial charge is 0.302 e. The van der Waals surface area contributed by atoms with Gasteiger partial charge in [-0.25, -0.2) is 0 Å². The third kappa shape index (κ3) is 4.38. The van der Waals surface area contributed by atoms with Crippen molar-refractivity contribution in [2.45, 2.75) is 33.3 Å². The normalized spacial score (nSPS) is 12.3. The maximum absolute atomic E-state index is 10.5. The average molecular weight is 155 g/mol. The standard InChI is InChI=1S/C8H13NO2/c1-6(2)8(4-5-9)11-7(3)10/h6,8H,4H2,1-3H3/t8-/m0/s1. The van der Waals surface area contributed by atoms with Crippen molar-refractivity contribution in [3.05, 3.63) is 0 Å². The Morgan fingerprint density at radius 2 is 2.18 bits per heavy atom. The minimum Gasteiger partial charge on any atom is -0.461 e. The van der Waals surface area contributed by atoms with Gasteiger partial charge in [-0.1, -0.05) is 13.8 Å². The number of rotatable bonds is 3. The van der Waals surface area contributed by atoms with Crippen molar-refractivity contribution in [1.82, 2.24) is 0 Å². The topological polar surface area (TPSA) is 50.1 Å². The first-order chi connectivity index (χ1) is 5.07. The van der Waals surface area contributed by atoms with Gasteiger partial charge in [0.05, 0.1) is 12.5 Å². The summed E-state index contributed by atoms with van der Waals surface area (Å²) in [5, 5.41) is 8.36. The third-order valence-electron chi connectivity index (χ3n) is 1.35. The highest BCUT2D eigenvalue weighted by atomic mass is 16.5.